The van der Waals surface area contributed by atoms with Gasteiger partial charge in [-0.2, -0.15) is 0 Å². The zero-order valence-electron chi connectivity index (χ0n) is 10.6. The molecule has 2 aliphatic heterocycles. The molecule has 0 amide bonds. The van der Waals surface area contributed by atoms with Crippen molar-refractivity contribution >= 4 is 0 Å². The zero-order valence-corrected chi connectivity index (χ0v) is 10.6. The monoisotopic (exact) mass is 208 g/mol. The highest BCUT2D eigenvalue weighted by atomic mass is 15.3. The summed E-state index contributed by atoms with van der Waals surface area (Å²) in [5.41, 5.74) is 1.58. The molecule has 86 valence electrons. The minimum Gasteiger partial charge on any atom is -0.367 e. The van der Waals surface area contributed by atoms with Gasteiger partial charge in [0.05, 0.1) is 0 Å². The van der Waals surface area contributed by atoms with Gasteiger partial charge in [0, 0.05) is 36.4 Å². The van der Waals surface area contributed by atoms with Crippen LogP contribution in [-0.4, -0.2) is 40.5 Å². The van der Waals surface area contributed by atoms with E-state index in [4.69, 9.17) is 0 Å². The predicted octanol–water partition coefficient (Wildman–Crippen LogP) is 2.47. The Labute approximate surface area is 93.9 Å². The average molecular weight is 208 g/mol. The van der Waals surface area contributed by atoms with E-state index in [0.717, 1.165) is 12.1 Å². The van der Waals surface area contributed by atoms with Gasteiger partial charge in [-0.3, -0.25) is 4.90 Å². The van der Waals surface area contributed by atoms with Crippen molar-refractivity contribution in [2.75, 3.05) is 13.1 Å². The molecule has 15 heavy (non-hydrogen) atoms. The molecule has 2 nitrogen and oxygen atoms in total. The molecule has 2 bridgehead atoms. The molecule has 0 aromatic carbocycles. The number of hydrogen-bond donors (Lipinski definition) is 0. The molecule has 0 N–H and O–H groups in total. The highest BCUT2D eigenvalue weighted by Crippen LogP contribution is 2.35. The summed E-state index contributed by atoms with van der Waals surface area (Å²) in [6.07, 6.45) is 2.70. The van der Waals surface area contributed by atoms with Crippen LogP contribution >= 0.6 is 0 Å². The zero-order chi connectivity index (χ0) is 11.2. The minimum atomic E-state index is 0.321. The summed E-state index contributed by atoms with van der Waals surface area (Å²) in [6, 6.07) is 1.45. The molecular formula is C13H24N2. The topological polar surface area (TPSA) is 6.48 Å². The fraction of sp³-hybridized carbons (Fsp3) is 0.846. The SMILES string of the molecule is C=C(C)N1C2CCC1CN(C(C)(C)C)C2. The second kappa shape index (κ2) is 3.51. The first-order chi connectivity index (χ1) is 6.89. The summed E-state index contributed by atoms with van der Waals surface area (Å²) in [4.78, 5) is 5.19. The normalized spacial score (nSPS) is 32.1. The van der Waals surface area contributed by atoms with Crippen LogP contribution < -0.4 is 0 Å². The van der Waals surface area contributed by atoms with E-state index in [1.165, 1.54) is 31.6 Å². The Morgan fingerprint density at radius 1 is 1.13 bits per heavy atom. The smallest absolute Gasteiger partial charge is 0.0418 e. The molecule has 2 atom stereocenters. The van der Waals surface area contributed by atoms with Crippen LogP contribution in [0.5, 0.6) is 0 Å². The fourth-order valence-electron chi connectivity index (χ4n) is 3.07. The molecular weight excluding hydrogens is 184 g/mol. The van der Waals surface area contributed by atoms with Crippen molar-refractivity contribution in [1.29, 1.82) is 0 Å². The lowest BCUT2D eigenvalue weighted by atomic mass is 10.0. The van der Waals surface area contributed by atoms with Gasteiger partial charge >= 0.3 is 0 Å². The summed E-state index contributed by atoms with van der Waals surface area (Å²) in [5.74, 6) is 0. The van der Waals surface area contributed by atoms with Crippen LogP contribution in [0.1, 0.15) is 40.5 Å². The Morgan fingerprint density at radius 2 is 1.60 bits per heavy atom. The van der Waals surface area contributed by atoms with E-state index in [0.29, 0.717) is 5.54 Å². The van der Waals surface area contributed by atoms with E-state index in [9.17, 15) is 0 Å². The number of hydrogen-bond acceptors (Lipinski definition) is 2. The number of nitrogens with zero attached hydrogens (tertiary/aromatic N) is 2. The van der Waals surface area contributed by atoms with Gasteiger partial charge in [0.1, 0.15) is 0 Å². The summed E-state index contributed by atoms with van der Waals surface area (Å²) in [6.45, 7) is 15.7. The summed E-state index contributed by atoms with van der Waals surface area (Å²) < 4.78 is 0. The van der Waals surface area contributed by atoms with Gasteiger partial charge < -0.3 is 4.90 Å². The average Bonchev–Trinajstić information content (AvgIpc) is 2.35. The Hall–Kier alpha value is -0.500. The first-order valence-electron chi connectivity index (χ1n) is 6.08. The molecule has 2 heterocycles. The van der Waals surface area contributed by atoms with Crippen molar-refractivity contribution in [3.8, 4) is 0 Å². The Kier molecular flexibility index (Phi) is 2.58. The maximum atomic E-state index is 4.11. The van der Waals surface area contributed by atoms with Gasteiger partial charge in [-0.1, -0.05) is 6.58 Å². The number of allylic oxidation sites excluding steroid dienone is 1. The van der Waals surface area contributed by atoms with Crippen LogP contribution in [0.4, 0.5) is 0 Å². The van der Waals surface area contributed by atoms with Crippen LogP contribution in [0.3, 0.4) is 0 Å². The van der Waals surface area contributed by atoms with Crippen LogP contribution in [-0.2, 0) is 0 Å². The molecule has 2 heteroatoms. The second-order valence-corrected chi connectivity index (χ2v) is 6.10. The maximum absolute atomic E-state index is 4.11. The lowest BCUT2D eigenvalue weighted by molar-refractivity contribution is 0.0335. The van der Waals surface area contributed by atoms with Crippen LogP contribution in [0, 0.1) is 0 Å². The van der Waals surface area contributed by atoms with Crippen molar-refractivity contribution in [2.24, 2.45) is 0 Å². The highest BCUT2D eigenvalue weighted by Gasteiger charge is 2.42. The molecule has 0 aromatic heterocycles. The van der Waals surface area contributed by atoms with Crippen molar-refractivity contribution in [1.82, 2.24) is 9.80 Å². The predicted molar refractivity (Wildman–Crippen MR) is 64.8 cm³/mol. The minimum absolute atomic E-state index is 0.321. The van der Waals surface area contributed by atoms with E-state index in [1.807, 2.05) is 0 Å². The summed E-state index contributed by atoms with van der Waals surface area (Å²) in [7, 11) is 0. The van der Waals surface area contributed by atoms with Gasteiger partial charge in [0.25, 0.3) is 0 Å². The lowest BCUT2D eigenvalue weighted by Gasteiger charge is -2.47. The molecule has 2 saturated heterocycles. The maximum Gasteiger partial charge on any atom is 0.0418 e. The van der Waals surface area contributed by atoms with E-state index in [2.05, 4.69) is 44.1 Å². The van der Waals surface area contributed by atoms with Gasteiger partial charge in [-0.25, -0.2) is 0 Å². The molecule has 2 fully saturated rings. The van der Waals surface area contributed by atoms with Gasteiger partial charge in [0.15, 0.2) is 0 Å². The standard InChI is InChI=1S/C13H24N2/c1-10(2)15-11-6-7-12(15)9-14(8-11)13(3,4)5/h11-12H,1,6-9H2,2-5H3. The van der Waals surface area contributed by atoms with Gasteiger partial charge in [0.2, 0.25) is 0 Å². The molecule has 0 aromatic rings. The molecule has 0 saturated carbocycles. The van der Waals surface area contributed by atoms with Crippen molar-refractivity contribution in [3.63, 3.8) is 0 Å². The van der Waals surface area contributed by atoms with Crippen molar-refractivity contribution in [2.45, 2.75) is 58.2 Å². The Bertz CT molecular complexity index is 250. The quantitative estimate of drug-likeness (QED) is 0.653. The molecule has 2 rings (SSSR count). The summed E-state index contributed by atoms with van der Waals surface area (Å²) >= 11 is 0. The first-order valence-corrected chi connectivity index (χ1v) is 6.08. The Balaban J connectivity index is 2.11. The van der Waals surface area contributed by atoms with E-state index in [-0.39, 0.29) is 0 Å². The third-order valence-corrected chi connectivity index (χ3v) is 3.87. The van der Waals surface area contributed by atoms with Gasteiger partial charge in [-0.05, 0) is 40.5 Å². The van der Waals surface area contributed by atoms with Crippen molar-refractivity contribution in [3.05, 3.63) is 12.3 Å². The molecule has 0 aliphatic carbocycles. The van der Waals surface area contributed by atoms with Crippen molar-refractivity contribution < 1.29 is 0 Å². The first kappa shape index (κ1) is 11.0. The third kappa shape index (κ3) is 1.92. The number of fused-ring (bicyclic) bond motifs is 2. The van der Waals surface area contributed by atoms with Crippen LogP contribution in [0.25, 0.3) is 0 Å². The fourth-order valence-corrected chi connectivity index (χ4v) is 3.07. The third-order valence-electron chi connectivity index (χ3n) is 3.87. The number of piperazine rings is 1. The number of likely N-dealkylation sites (tertiary alicyclic amines) is 1. The van der Waals surface area contributed by atoms with E-state index >= 15 is 0 Å². The molecule has 0 radical (unpaired) electrons. The van der Waals surface area contributed by atoms with Gasteiger partial charge in [-0.15, -0.1) is 0 Å². The summed E-state index contributed by atoms with van der Waals surface area (Å²) in [5, 5.41) is 0. The number of rotatable bonds is 1. The highest BCUT2D eigenvalue weighted by molar-refractivity contribution is 5.07. The van der Waals surface area contributed by atoms with Crippen LogP contribution in [0.2, 0.25) is 0 Å². The lowest BCUT2D eigenvalue weighted by Crippen LogP contribution is -2.57. The van der Waals surface area contributed by atoms with E-state index in [1.54, 1.807) is 0 Å². The second-order valence-electron chi connectivity index (χ2n) is 6.10. The molecule has 0 spiro atoms. The largest absolute Gasteiger partial charge is 0.367 e. The van der Waals surface area contributed by atoms with Crippen LogP contribution in [0.15, 0.2) is 12.3 Å². The molecule has 2 unspecified atom stereocenters. The van der Waals surface area contributed by atoms with E-state index < -0.39 is 0 Å². The Morgan fingerprint density at radius 3 is 1.93 bits per heavy atom. The molecule has 2 aliphatic rings.